The summed E-state index contributed by atoms with van der Waals surface area (Å²) < 4.78 is 0. The van der Waals surface area contributed by atoms with Crippen LogP contribution in [0.1, 0.15) is 35.7 Å². The van der Waals surface area contributed by atoms with Gasteiger partial charge in [-0.3, -0.25) is 14.9 Å². The van der Waals surface area contributed by atoms with E-state index in [1.54, 1.807) is 12.1 Å². The molecule has 1 heterocycles. The molecule has 3 rings (SSSR count). The van der Waals surface area contributed by atoms with Crippen molar-refractivity contribution in [3.8, 4) is 0 Å². The van der Waals surface area contributed by atoms with Crippen molar-refractivity contribution in [3.63, 3.8) is 0 Å². The molecule has 1 fully saturated rings. The number of nitrogens with one attached hydrogen (secondary N) is 1. The maximum atomic E-state index is 12.4. The number of carbonyl (C=O) groups excluding carboxylic acids is 1. The van der Waals surface area contributed by atoms with Gasteiger partial charge in [0.25, 0.3) is 11.6 Å². The lowest BCUT2D eigenvalue weighted by Gasteiger charge is -2.17. The molecule has 0 spiro atoms. The van der Waals surface area contributed by atoms with E-state index in [9.17, 15) is 14.9 Å². The van der Waals surface area contributed by atoms with Crippen LogP contribution >= 0.6 is 0 Å². The Morgan fingerprint density at radius 2 is 1.84 bits per heavy atom. The summed E-state index contributed by atoms with van der Waals surface area (Å²) in [7, 11) is 0. The monoisotopic (exact) mass is 339 g/mol. The molecule has 0 atom stereocenters. The first-order chi connectivity index (χ1) is 12.1. The minimum atomic E-state index is -0.416. The molecular formula is C19H21N3O3. The van der Waals surface area contributed by atoms with Crippen LogP contribution in [0.3, 0.4) is 0 Å². The van der Waals surface area contributed by atoms with Crippen LogP contribution in [0.5, 0.6) is 0 Å². The summed E-state index contributed by atoms with van der Waals surface area (Å²) in [5.41, 5.74) is 2.72. The molecule has 2 aromatic carbocycles. The molecule has 0 aliphatic carbocycles. The summed E-state index contributed by atoms with van der Waals surface area (Å²) in [5, 5.41) is 14.2. The molecular weight excluding hydrogens is 318 g/mol. The number of nitrogens with zero attached hydrogens (tertiary/aromatic N) is 2. The second-order valence-electron chi connectivity index (χ2n) is 6.16. The Balaban J connectivity index is 1.82. The second kappa shape index (κ2) is 7.34. The lowest BCUT2D eigenvalue weighted by atomic mass is 10.1. The topological polar surface area (TPSA) is 75.5 Å². The van der Waals surface area contributed by atoms with E-state index in [2.05, 4.69) is 12.2 Å². The summed E-state index contributed by atoms with van der Waals surface area (Å²) in [4.78, 5) is 25.4. The van der Waals surface area contributed by atoms with Crippen LogP contribution in [0.2, 0.25) is 0 Å². The molecule has 0 unspecified atom stereocenters. The Morgan fingerprint density at radius 1 is 1.16 bits per heavy atom. The first kappa shape index (κ1) is 17.0. The fourth-order valence-electron chi connectivity index (χ4n) is 3.06. The van der Waals surface area contributed by atoms with Crippen LogP contribution in [0, 0.1) is 10.1 Å². The van der Waals surface area contributed by atoms with Crippen molar-refractivity contribution in [1.29, 1.82) is 0 Å². The van der Waals surface area contributed by atoms with E-state index in [4.69, 9.17) is 0 Å². The van der Waals surface area contributed by atoms with E-state index >= 15 is 0 Å². The van der Waals surface area contributed by atoms with E-state index < -0.39 is 4.92 Å². The maximum Gasteiger partial charge on any atom is 0.293 e. The summed E-state index contributed by atoms with van der Waals surface area (Å²) in [6.07, 6.45) is 3.00. The zero-order chi connectivity index (χ0) is 17.8. The van der Waals surface area contributed by atoms with Gasteiger partial charge in [-0.2, -0.15) is 0 Å². The molecule has 2 aromatic rings. The number of hydrogen-bond acceptors (Lipinski definition) is 4. The Kier molecular flexibility index (Phi) is 4.97. The minimum absolute atomic E-state index is 0.0177. The van der Waals surface area contributed by atoms with Gasteiger partial charge < -0.3 is 10.2 Å². The van der Waals surface area contributed by atoms with Crippen LogP contribution in [0.25, 0.3) is 0 Å². The van der Waals surface area contributed by atoms with Crippen molar-refractivity contribution in [2.24, 2.45) is 0 Å². The number of anilines is 2. The molecule has 0 radical (unpaired) electrons. The Labute approximate surface area is 146 Å². The summed E-state index contributed by atoms with van der Waals surface area (Å²) in [5.74, 6) is -0.347. The first-order valence-electron chi connectivity index (χ1n) is 8.52. The van der Waals surface area contributed by atoms with Crippen LogP contribution in [-0.2, 0) is 6.42 Å². The molecule has 0 aromatic heterocycles. The van der Waals surface area contributed by atoms with Crippen molar-refractivity contribution in [3.05, 3.63) is 63.7 Å². The first-order valence-corrected chi connectivity index (χ1v) is 8.52. The predicted octanol–water partition coefficient (Wildman–Crippen LogP) is 4.01. The summed E-state index contributed by atoms with van der Waals surface area (Å²) in [6.45, 7) is 3.70. The number of aryl methyl sites for hydroxylation is 1. The normalized spacial score (nSPS) is 13.7. The van der Waals surface area contributed by atoms with E-state index in [0.29, 0.717) is 11.4 Å². The fraction of sp³-hybridized carbons (Fsp3) is 0.316. The fourth-order valence-corrected chi connectivity index (χ4v) is 3.06. The van der Waals surface area contributed by atoms with Crippen LogP contribution in [-0.4, -0.2) is 23.9 Å². The van der Waals surface area contributed by atoms with Gasteiger partial charge in [0.2, 0.25) is 0 Å². The number of carbonyl (C=O) groups is 1. The maximum absolute atomic E-state index is 12.4. The molecule has 1 saturated heterocycles. The molecule has 130 valence electrons. The third-order valence-electron chi connectivity index (χ3n) is 4.50. The lowest BCUT2D eigenvalue weighted by molar-refractivity contribution is -0.384. The number of nitro groups is 1. The Hall–Kier alpha value is -2.89. The van der Waals surface area contributed by atoms with Crippen LogP contribution in [0.15, 0.2) is 42.5 Å². The van der Waals surface area contributed by atoms with E-state index in [1.165, 1.54) is 11.6 Å². The number of nitro benzene ring substituents is 1. The van der Waals surface area contributed by atoms with Crippen LogP contribution in [0.4, 0.5) is 17.1 Å². The second-order valence-corrected chi connectivity index (χ2v) is 6.16. The molecule has 25 heavy (non-hydrogen) atoms. The van der Waals surface area contributed by atoms with Crippen molar-refractivity contribution in [2.45, 2.75) is 26.2 Å². The predicted molar refractivity (Wildman–Crippen MR) is 98.3 cm³/mol. The quantitative estimate of drug-likeness (QED) is 0.660. The van der Waals surface area contributed by atoms with Gasteiger partial charge in [-0.1, -0.05) is 19.1 Å². The van der Waals surface area contributed by atoms with Crippen LogP contribution < -0.4 is 10.2 Å². The van der Waals surface area contributed by atoms with Crippen molar-refractivity contribution in [2.75, 3.05) is 23.3 Å². The lowest BCUT2D eigenvalue weighted by Crippen LogP contribution is -2.19. The van der Waals surface area contributed by atoms with Gasteiger partial charge in [-0.15, -0.1) is 0 Å². The largest absolute Gasteiger partial charge is 0.366 e. The number of hydrogen-bond donors (Lipinski definition) is 1. The highest BCUT2D eigenvalue weighted by molar-refractivity contribution is 6.05. The van der Waals surface area contributed by atoms with Gasteiger partial charge in [0.1, 0.15) is 5.69 Å². The van der Waals surface area contributed by atoms with Gasteiger partial charge in [0.15, 0.2) is 0 Å². The Bertz CT molecular complexity index is 781. The molecule has 0 saturated carbocycles. The molecule has 6 heteroatoms. The number of amides is 1. The van der Waals surface area contributed by atoms with E-state index in [-0.39, 0.29) is 17.2 Å². The van der Waals surface area contributed by atoms with E-state index in [1.807, 2.05) is 29.2 Å². The highest BCUT2D eigenvalue weighted by atomic mass is 16.6. The van der Waals surface area contributed by atoms with Gasteiger partial charge in [0.05, 0.1) is 4.92 Å². The number of benzene rings is 2. The highest BCUT2D eigenvalue weighted by Crippen LogP contribution is 2.31. The van der Waals surface area contributed by atoms with Gasteiger partial charge in [0, 0.05) is 30.4 Å². The molecule has 6 nitrogen and oxygen atoms in total. The third kappa shape index (κ3) is 3.79. The van der Waals surface area contributed by atoms with Gasteiger partial charge in [-0.25, -0.2) is 0 Å². The SMILES string of the molecule is CCc1ccc(NC(=O)c2ccc(N3CCCC3)c([N+](=O)[O-])c2)cc1. The third-order valence-corrected chi connectivity index (χ3v) is 4.50. The molecule has 1 aliphatic heterocycles. The minimum Gasteiger partial charge on any atom is -0.366 e. The van der Waals surface area contributed by atoms with Gasteiger partial charge in [-0.05, 0) is 49.1 Å². The zero-order valence-corrected chi connectivity index (χ0v) is 14.2. The summed E-state index contributed by atoms with van der Waals surface area (Å²) in [6, 6.07) is 12.3. The molecule has 0 bridgehead atoms. The average Bonchev–Trinajstić information content (AvgIpc) is 3.16. The van der Waals surface area contributed by atoms with E-state index in [0.717, 1.165) is 32.4 Å². The molecule has 1 amide bonds. The molecule has 1 N–H and O–H groups in total. The average molecular weight is 339 g/mol. The van der Waals surface area contributed by atoms with Gasteiger partial charge >= 0.3 is 0 Å². The van der Waals surface area contributed by atoms with Crippen molar-refractivity contribution >= 4 is 23.0 Å². The zero-order valence-electron chi connectivity index (χ0n) is 14.2. The smallest absolute Gasteiger partial charge is 0.293 e. The summed E-state index contributed by atoms with van der Waals surface area (Å²) >= 11 is 0. The van der Waals surface area contributed by atoms with Crippen molar-refractivity contribution < 1.29 is 9.72 Å². The highest BCUT2D eigenvalue weighted by Gasteiger charge is 2.23. The molecule has 1 aliphatic rings. The van der Waals surface area contributed by atoms with Crippen molar-refractivity contribution in [1.82, 2.24) is 0 Å². The number of rotatable bonds is 5. The standard InChI is InChI=1S/C19H21N3O3/c1-2-14-5-8-16(9-6-14)20-19(23)15-7-10-17(18(13-15)22(24)25)21-11-3-4-12-21/h5-10,13H,2-4,11-12H2,1H3,(H,20,23). The Morgan fingerprint density at radius 3 is 2.44 bits per heavy atom.